The summed E-state index contributed by atoms with van der Waals surface area (Å²) in [6, 6.07) is 3.36. The van der Waals surface area contributed by atoms with Gasteiger partial charge in [0.25, 0.3) is 0 Å². The van der Waals surface area contributed by atoms with Crippen molar-refractivity contribution < 1.29 is 27.5 Å². The molecule has 3 nitrogen and oxygen atoms in total. The van der Waals surface area contributed by atoms with Crippen LogP contribution in [0.1, 0.15) is 49.8 Å². The van der Waals surface area contributed by atoms with E-state index in [-0.39, 0.29) is 41.6 Å². The van der Waals surface area contributed by atoms with E-state index in [1.165, 1.54) is 6.07 Å². The van der Waals surface area contributed by atoms with Crippen molar-refractivity contribution in [1.29, 1.82) is 0 Å². The third kappa shape index (κ3) is 3.37. The van der Waals surface area contributed by atoms with Crippen molar-refractivity contribution in [2.24, 2.45) is 5.92 Å². The van der Waals surface area contributed by atoms with Crippen LogP contribution in [0.2, 0.25) is 0 Å². The fraction of sp³-hybridized carbons (Fsp3) is 0.444. The van der Waals surface area contributed by atoms with Gasteiger partial charge in [0.1, 0.15) is 0 Å². The van der Waals surface area contributed by atoms with Crippen LogP contribution in [0.15, 0.2) is 23.8 Å². The largest absolute Gasteiger partial charge is 0.463 e. The molecule has 0 saturated carbocycles. The number of aldehydes is 1. The van der Waals surface area contributed by atoms with E-state index in [2.05, 4.69) is 0 Å². The zero-order valence-corrected chi connectivity index (χ0v) is 13.7. The number of halogens is 3. The minimum Gasteiger partial charge on any atom is -0.463 e. The van der Waals surface area contributed by atoms with Crippen LogP contribution in [0.25, 0.3) is 5.57 Å². The van der Waals surface area contributed by atoms with E-state index in [0.29, 0.717) is 11.8 Å². The fourth-order valence-electron chi connectivity index (χ4n) is 2.99. The maximum atomic E-state index is 13.0. The second-order valence-electron chi connectivity index (χ2n) is 6.00. The van der Waals surface area contributed by atoms with Crippen molar-refractivity contribution in [3.8, 4) is 0 Å². The summed E-state index contributed by atoms with van der Waals surface area (Å²) < 4.78 is 44.1. The number of carbonyl (C=O) groups excluding carboxylic acids is 2. The van der Waals surface area contributed by atoms with Gasteiger partial charge in [-0.1, -0.05) is 19.9 Å². The van der Waals surface area contributed by atoms with Crippen molar-refractivity contribution in [1.82, 2.24) is 0 Å². The highest BCUT2D eigenvalue weighted by Crippen LogP contribution is 2.41. The predicted molar refractivity (Wildman–Crippen MR) is 83.3 cm³/mol. The van der Waals surface area contributed by atoms with Crippen molar-refractivity contribution >= 4 is 17.8 Å². The third-order valence-corrected chi connectivity index (χ3v) is 4.51. The molecule has 0 aromatic heterocycles. The molecule has 2 rings (SSSR count). The lowest BCUT2D eigenvalue weighted by atomic mass is 9.85. The number of hydrogen-bond donors (Lipinski definition) is 0. The van der Waals surface area contributed by atoms with Gasteiger partial charge in [-0.05, 0) is 48.4 Å². The predicted octanol–water partition coefficient (Wildman–Crippen LogP) is 4.36. The third-order valence-electron chi connectivity index (χ3n) is 4.51. The summed E-state index contributed by atoms with van der Waals surface area (Å²) in [6.45, 7) is 5.55. The molecule has 0 amide bonds. The highest BCUT2D eigenvalue weighted by atomic mass is 19.4. The topological polar surface area (TPSA) is 43.4 Å². The molecule has 6 heteroatoms. The molecule has 0 fully saturated rings. The van der Waals surface area contributed by atoms with Crippen LogP contribution >= 0.6 is 0 Å². The van der Waals surface area contributed by atoms with Gasteiger partial charge in [0.2, 0.25) is 0 Å². The van der Waals surface area contributed by atoms with E-state index in [9.17, 15) is 22.8 Å². The average molecular weight is 340 g/mol. The van der Waals surface area contributed by atoms with Crippen LogP contribution in [-0.2, 0) is 20.5 Å². The van der Waals surface area contributed by atoms with Gasteiger partial charge in [-0.3, -0.25) is 4.79 Å². The molecular weight excluding hydrogens is 321 g/mol. The smallest absolute Gasteiger partial charge is 0.416 e. The first-order valence-corrected chi connectivity index (χ1v) is 7.77. The van der Waals surface area contributed by atoms with Gasteiger partial charge in [0.05, 0.1) is 12.2 Å². The van der Waals surface area contributed by atoms with Gasteiger partial charge in [0, 0.05) is 11.1 Å². The number of carbonyl (C=O) groups is 2. The monoisotopic (exact) mass is 340 g/mol. The molecule has 2 atom stereocenters. The molecular formula is C18H19F3O3. The SMILES string of the molecule is CCOC(=O)C1=C(C=O)c2cc(C(F)(F)F)ccc2[C@@H](C)C(C)C1. The Kier molecular flexibility index (Phi) is 5.16. The first-order valence-electron chi connectivity index (χ1n) is 7.77. The fourth-order valence-corrected chi connectivity index (χ4v) is 2.99. The van der Waals surface area contributed by atoms with Gasteiger partial charge in [-0.15, -0.1) is 0 Å². The number of esters is 1. The van der Waals surface area contributed by atoms with E-state index < -0.39 is 17.7 Å². The summed E-state index contributed by atoms with van der Waals surface area (Å²) in [5, 5.41) is 0. The number of ether oxygens (including phenoxy) is 1. The van der Waals surface area contributed by atoms with Crippen LogP contribution in [0, 0.1) is 5.92 Å². The molecule has 130 valence electrons. The maximum absolute atomic E-state index is 13.0. The number of alkyl halides is 3. The van der Waals surface area contributed by atoms with Gasteiger partial charge < -0.3 is 4.74 Å². The number of hydrogen-bond acceptors (Lipinski definition) is 3. The molecule has 24 heavy (non-hydrogen) atoms. The van der Waals surface area contributed by atoms with Crippen molar-refractivity contribution in [2.45, 2.75) is 39.3 Å². The molecule has 0 saturated heterocycles. The van der Waals surface area contributed by atoms with E-state index >= 15 is 0 Å². The lowest BCUT2D eigenvalue weighted by Gasteiger charge is -2.20. The Balaban J connectivity index is 2.73. The summed E-state index contributed by atoms with van der Waals surface area (Å²) >= 11 is 0. The molecule has 0 N–H and O–H groups in total. The number of rotatable bonds is 3. The lowest BCUT2D eigenvalue weighted by molar-refractivity contribution is -0.139. The summed E-state index contributed by atoms with van der Waals surface area (Å²) in [7, 11) is 0. The molecule has 0 aliphatic heterocycles. The Bertz CT molecular complexity index is 689. The van der Waals surface area contributed by atoms with E-state index in [1.54, 1.807) is 6.92 Å². The van der Waals surface area contributed by atoms with Crippen LogP contribution < -0.4 is 0 Å². The van der Waals surface area contributed by atoms with Crippen LogP contribution in [0.5, 0.6) is 0 Å². The molecule has 0 heterocycles. The van der Waals surface area contributed by atoms with E-state index in [1.807, 2.05) is 13.8 Å². The Hall–Kier alpha value is -2.11. The molecule has 1 aromatic rings. The standard InChI is InChI=1S/C18H19F3O3/c1-4-24-17(23)15-7-10(2)11(3)13-6-5-12(18(19,20)21)8-14(13)16(15)9-22/h5-6,8-11H,4,7H2,1-3H3/t10?,11-/m0/s1. The Labute approximate surface area is 138 Å². The lowest BCUT2D eigenvalue weighted by Crippen LogP contribution is -2.13. The number of allylic oxidation sites excluding steroid dienone is 1. The van der Waals surface area contributed by atoms with Crippen molar-refractivity contribution in [3.05, 3.63) is 40.5 Å². The maximum Gasteiger partial charge on any atom is 0.416 e. The number of fused-ring (bicyclic) bond motifs is 1. The van der Waals surface area contributed by atoms with E-state index in [4.69, 9.17) is 4.74 Å². The second kappa shape index (κ2) is 6.79. The minimum atomic E-state index is -4.52. The highest BCUT2D eigenvalue weighted by molar-refractivity contribution is 6.16. The quantitative estimate of drug-likeness (QED) is 0.606. The summed E-state index contributed by atoms with van der Waals surface area (Å²) in [6.07, 6.45) is -3.78. The summed E-state index contributed by atoms with van der Waals surface area (Å²) in [5.41, 5.74) is 0.0946. The molecule has 0 spiro atoms. The van der Waals surface area contributed by atoms with Crippen LogP contribution in [0.3, 0.4) is 0 Å². The molecule has 1 aliphatic rings. The van der Waals surface area contributed by atoms with Crippen molar-refractivity contribution in [2.75, 3.05) is 6.61 Å². The summed E-state index contributed by atoms with van der Waals surface area (Å²) in [4.78, 5) is 23.8. The molecule has 1 aliphatic carbocycles. The van der Waals surface area contributed by atoms with Gasteiger partial charge in [-0.25, -0.2) is 4.79 Å². The first-order chi connectivity index (χ1) is 11.2. The molecule has 1 unspecified atom stereocenters. The van der Waals surface area contributed by atoms with Gasteiger partial charge in [0.15, 0.2) is 6.29 Å². The van der Waals surface area contributed by atoms with Gasteiger partial charge >= 0.3 is 12.1 Å². The molecule has 0 bridgehead atoms. The van der Waals surface area contributed by atoms with E-state index in [0.717, 1.165) is 12.1 Å². The Morgan fingerprint density at radius 3 is 2.54 bits per heavy atom. The Morgan fingerprint density at radius 1 is 1.33 bits per heavy atom. The first kappa shape index (κ1) is 18.2. The minimum absolute atomic E-state index is 0.00856. The summed E-state index contributed by atoms with van der Waals surface area (Å²) in [5.74, 6) is -0.759. The zero-order chi connectivity index (χ0) is 18.1. The average Bonchev–Trinajstić information content (AvgIpc) is 2.62. The normalized spacial score (nSPS) is 21.1. The molecule has 0 radical (unpaired) electrons. The van der Waals surface area contributed by atoms with Crippen molar-refractivity contribution in [3.63, 3.8) is 0 Å². The van der Waals surface area contributed by atoms with Gasteiger partial charge in [-0.2, -0.15) is 13.2 Å². The van der Waals surface area contributed by atoms with Crippen LogP contribution in [-0.4, -0.2) is 18.9 Å². The molecule has 1 aromatic carbocycles. The highest BCUT2D eigenvalue weighted by Gasteiger charge is 2.35. The number of benzene rings is 1. The Morgan fingerprint density at radius 2 is 2.00 bits per heavy atom. The second-order valence-corrected chi connectivity index (χ2v) is 6.00. The zero-order valence-electron chi connectivity index (χ0n) is 13.7. The van der Waals surface area contributed by atoms with Crippen LogP contribution in [0.4, 0.5) is 13.2 Å².